The van der Waals surface area contributed by atoms with Crippen LogP contribution in [0.1, 0.15) is 36.5 Å². The van der Waals surface area contributed by atoms with Crippen LogP contribution in [-0.2, 0) is 6.42 Å². The third kappa shape index (κ3) is 5.46. The Morgan fingerprint density at radius 2 is 1.72 bits per heavy atom. The molecule has 0 aromatic heterocycles. The lowest BCUT2D eigenvalue weighted by Gasteiger charge is -2.15. The van der Waals surface area contributed by atoms with E-state index in [2.05, 4.69) is 15.9 Å². The summed E-state index contributed by atoms with van der Waals surface area (Å²) in [6.45, 7) is 4.02. The van der Waals surface area contributed by atoms with Gasteiger partial charge in [0, 0.05) is 16.5 Å². The minimum Gasteiger partial charge on any atom is -0.506 e. The molecule has 136 valence electrons. The zero-order valence-corrected chi connectivity index (χ0v) is 17.6. The van der Waals surface area contributed by atoms with Gasteiger partial charge in [-0.25, -0.2) is 0 Å². The molecule has 0 aliphatic carbocycles. The molecule has 0 spiro atoms. The number of hydrogen-bond acceptors (Lipinski definition) is 4. The lowest BCUT2D eigenvalue weighted by atomic mass is 9.96. The third-order valence-electron chi connectivity index (χ3n) is 3.62. The van der Waals surface area contributed by atoms with Gasteiger partial charge >= 0.3 is 0 Å². The predicted octanol–water partition coefficient (Wildman–Crippen LogP) is 5.81. The first kappa shape index (κ1) is 20.8. The maximum absolute atomic E-state index is 10.2. The van der Waals surface area contributed by atoms with Crippen molar-refractivity contribution in [3.8, 4) is 11.5 Å². The highest BCUT2D eigenvalue weighted by Gasteiger charge is 2.15. The highest BCUT2D eigenvalue weighted by molar-refractivity contribution is 9.10. The quantitative estimate of drug-likeness (QED) is 0.469. The first-order valence-electron chi connectivity index (χ1n) is 7.46. The molecule has 3 N–H and O–H groups in total. The Hall–Kier alpha value is -0.550. The Bertz CT molecular complexity index is 746. The number of aromatic hydroxyl groups is 1. The van der Waals surface area contributed by atoms with Gasteiger partial charge in [-0.2, -0.15) is 0 Å². The highest BCUT2D eigenvalue weighted by atomic mass is 79.9. The number of phenolic OH excluding ortho intramolecular Hbond substituents is 1. The van der Waals surface area contributed by atoms with E-state index in [1.54, 1.807) is 12.1 Å². The van der Waals surface area contributed by atoms with E-state index in [4.69, 9.17) is 37.7 Å². The summed E-state index contributed by atoms with van der Waals surface area (Å²) in [6, 6.07) is 6.97. The zero-order chi connectivity index (χ0) is 18.7. The van der Waals surface area contributed by atoms with Crippen LogP contribution in [-0.4, -0.2) is 21.2 Å². The summed E-state index contributed by atoms with van der Waals surface area (Å²) in [6.07, 6.45) is 0.285. The summed E-state index contributed by atoms with van der Waals surface area (Å²) in [5.41, 5.74) is 2.54. The van der Waals surface area contributed by atoms with E-state index >= 15 is 0 Å². The van der Waals surface area contributed by atoms with E-state index in [1.807, 2.05) is 26.0 Å². The summed E-state index contributed by atoms with van der Waals surface area (Å²) in [7, 11) is -2.14. The second kappa shape index (κ2) is 8.90. The molecule has 0 saturated carbocycles. The molecule has 2 aromatic carbocycles. The van der Waals surface area contributed by atoms with E-state index in [-0.39, 0.29) is 18.0 Å². The largest absolute Gasteiger partial charge is 0.506 e. The molecule has 25 heavy (non-hydrogen) atoms. The molecule has 2 aromatic rings. The third-order valence-corrected chi connectivity index (χ3v) is 5.26. The average Bonchev–Trinajstić information content (AvgIpc) is 2.51. The van der Waals surface area contributed by atoms with Crippen molar-refractivity contribution in [1.82, 2.24) is 0 Å². The number of hydrogen-bond donors (Lipinski definition) is 3. The summed E-state index contributed by atoms with van der Waals surface area (Å²) < 4.78 is 5.86. The predicted molar refractivity (Wildman–Crippen MR) is 106 cm³/mol. The van der Waals surface area contributed by atoms with Crippen molar-refractivity contribution in [2.75, 3.05) is 6.35 Å². The first-order chi connectivity index (χ1) is 11.7. The number of ether oxygens (including phenoxy) is 1. The van der Waals surface area contributed by atoms with Crippen LogP contribution >= 0.6 is 47.5 Å². The summed E-state index contributed by atoms with van der Waals surface area (Å²) in [4.78, 5) is 17.9. The maximum atomic E-state index is 10.2. The van der Waals surface area contributed by atoms with Crippen LogP contribution < -0.4 is 4.74 Å². The van der Waals surface area contributed by atoms with Crippen molar-refractivity contribution in [3.63, 3.8) is 0 Å². The van der Waals surface area contributed by atoms with Gasteiger partial charge in [0.05, 0.1) is 4.47 Å². The fraction of sp³-hybridized carbons (Fsp3) is 0.294. The molecule has 0 bridgehead atoms. The zero-order valence-electron chi connectivity index (χ0n) is 13.6. The van der Waals surface area contributed by atoms with Gasteiger partial charge in [0.25, 0.3) is 0 Å². The second-order valence-electron chi connectivity index (χ2n) is 5.86. The van der Waals surface area contributed by atoms with E-state index in [0.29, 0.717) is 26.7 Å². The topological polar surface area (TPSA) is 69.9 Å². The van der Waals surface area contributed by atoms with E-state index in [1.165, 1.54) is 0 Å². The normalized spacial score (nSPS) is 11.4. The molecule has 0 amide bonds. The summed E-state index contributed by atoms with van der Waals surface area (Å²) in [5, 5.41) is 11.0. The van der Waals surface area contributed by atoms with Crippen LogP contribution in [0.2, 0.25) is 10.0 Å². The minimum atomic E-state index is -2.14. The highest BCUT2D eigenvalue weighted by Crippen LogP contribution is 2.37. The molecule has 0 fully saturated rings. The molecule has 0 atom stereocenters. The molecule has 0 unspecified atom stereocenters. The van der Waals surface area contributed by atoms with Crippen molar-refractivity contribution >= 4 is 47.5 Å². The minimum absolute atomic E-state index is 0.171. The summed E-state index contributed by atoms with van der Waals surface area (Å²) >= 11 is 16.0. The van der Waals surface area contributed by atoms with Crippen LogP contribution in [0.15, 0.2) is 28.7 Å². The average molecular weight is 468 g/mol. The molecular formula is C17H18BrCl2O4P. The Morgan fingerprint density at radius 1 is 1.12 bits per heavy atom. The fourth-order valence-electron chi connectivity index (χ4n) is 2.39. The number of phenols is 1. The van der Waals surface area contributed by atoms with Crippen LogP contribution in [0, 0.1) is 0 Å². The molecular weight excluding hydrogens is 450 g/mol. The molecule has 0 aliphatic rings. The molecule has 0 radical (unpaired) electrons. The van der Waals surface area contributed by atoms with Gasteiger partial charge < -0.3 is 19.6 Å². The van der Waals surface area contributed by atoms with Crippen LogP contribution in [0.5, 0.6) is 11.5 Å². The number of halogens is 3. The SMILES string of the molecule is CC(C)c1cc(Cc2c(Cl)cc(OCP(O)O)cc2Cl)cc(Br)c1O. The Morgan fingerprint density at radius 3 is 2.24 bits per heavy atom. The lowest BCUT2D eigenvalue weighted by molar-refractivity contribution is 0.347. The Balaban J connectivity index is 2.31. The van der Waals surface area contributed by atoms with Crippen molar-refractivity contribution in [2.24, 2.45) is 0 Å². The van der Waals surface area contributed by atoms with Gasteiger partial charge in [0.2, 0.25) is 8.38 Å². The van der Waals surface area contributed by atoms with E-state index < -0.39 is 8.38 Å². The second-order valence-corrected chi connectivity index (χ2v) is 8.53. The first-order valence-corrected chi connectivity index (χ1v) is 10.4. The van der Waals surface area contributed by atoms with Crippen LogP contribution in [0.25, 0.3) is 0 Å². The molecule has 0 heterocycles. The molecule has 0 saturated heterocycles. The van der Waals surface area contributed by atoms with Gasteiger partial charge in [-0.05, 0) is 56.7 Å². The summed E-state index contributed by atoms with van der Waals surface area (Å²) in [5.74, 6) is 0.790. The Kier molecular flexibility index (Phi) is 7.39. The van der Waals surface area contributed by atoms with Crippen LogP contribution in [0.3, 0.4) is 0 Å². The van der Waals surface area contributed by atoms with E-state index in [9.17, 15) is 5.11 Å². The van der Waals surface area contributed by atoms with Crippen molar-refractivity contribution in [2.45, 2.75) is 26.2 Å². The van der Waals surface area contributed by atoms with Gasteiger partial charge in [-0.1, -0.05) is 43.1 Å². The van der Waals surface area contributed by atoms with Gasteiger partial charge in [-0.3, -0.25) is 0 Å². The monoisotopic (exact) mass is 466 g/mol. The standard InChI is InChI=1S/C17H18BrCl2O4P/c1-9(2)12-3-10(5-14(18)17(12)21)4-13-15(19)6-11(7-16(13)20)24-8-25(22)23/h3,5-7,9,21-23H,4,8H2,1-2H3. The fourth-order valence-corrected chi connectivity index (χ4v) is 3.78. The Labute approximate surface area is 166 Å². The van der Waals surface area contributed by atoms with Crippen molar-refractivity contribution in [3.05, 3.63) is 55.5 Å². The van der Waals surface area contributed by atoms with Crippen molar-refractivity contribution in [1.29, 1.82) is 0 Å². The lowest BCUT2D eigenvalue weighted by Crippen LogP contribution is -1.98. The van der Waals surface area contributed by atoms with Gasteiger partial charge in [0.1, 0.15) is 11.5 Å². The molecule has 0 aliphatic heterocycles. The molecule has 8 heteroatoms. The maximum Gasteiger partial charge on any atom is 0.205 e. The molecule has 2 rings (SSSR count). The number of rotatable bonds is 6. The van der Waals surface area contributed by atoms with E-state index in [0.717, 1.165) is 16.7 Å². The van der Waals surface area contributed by atoms with Crippen molar-refractivity contribution < 1.29 is 19.6 Å². The smallest absolute Gasteiger partial charge is 0.205 e. The van der Waals surface area contributed by atoms with Gasteiger partial charge in [-0.15, -0.1) is 0 Å². The molecule has 4 nitrogen and oxygen atoms in total. The van der Waals surface area contributed by atoms with Crippen LogP contribution in [0.4, 0.5) is 0 Å². The number of benzene rings is 2. The van der Waals surface area contributed by atoms with Gasteiger partial charge in [0.15, 0.2) is 6.35 Å².